The Morgan fingerprint density at radius 1 is 1.45 bits per heavy atom. The molecule has 1 aromatic carbocycles. The van der Waals surface area contributed by atoms with Gasteiger partial charge in [-0.2, -0.15) is 10.3 Å². The number of carbonyl (C=O) groups excluding carboxylic acids is 1. The summed E-state index contributed by atoms with van der Waals surface area (Å²) in [5, 5.41) is 20.4. The number of aromatic nitrogens is 3. The van der Waals surface area contributed by atoms with E-state index in [4.69, 9.17) is 9.47 Å². The molecule has 0 aliphatic heterocycles. The summed E-state index contributed by atoms with van der Waals surface area (Å²) >= 11 is 0. The van der Waals surface area contributed by atoms with Gasteiger partial charge in [-0.3, -0.25) is 0 Å². The van der Waals surface area contributed by atoms with Crippen LogP contribution in [0.25, 0.3) is 11.3 Å². The molecule has 0 fully saturated rings. The van der Waals surface area contributed by atoms with Gasteiger partial charge in [0.2, 0.25) is 0 Å². The number of hydrogen-bond acceptors (Lipinski definition) is 6. The molecule has 1 aromatic heterocycles. The summed E-state index contributed by atoms with van der Waals surface area (Å²) in [5.74, 6) is -0.444. The fraction of sp³-hybridized carbons (Fsp3) is 0.267. The van der Waals surface area contributed by atoms with E-state index in [1.807, 2.05) is 0 Å². The lowest BCUT2D eigenvalue weighted by Crippen LogP contribution is -2.07. The number of H-pyrrole nitrogens is 1. The van der Waals surface area contributed by atoms with Crippen LogP contribution in [0.3, 0.4) is 0 Å². The van der Waals surface area contributed by atoms with Crippen LogP contribution < -0.4 is 4.74 Å². The number of aromatic hydroxyl groups is 1. The van der Waals surface area contributed by atoms with E-state index < -0.39 is 5.97 Å². The van der Waals surface area contributed by atoms with Crippen LogP contribution in [0.1, 0.15) is 23.0 Å². The van der Waals surface area contributed by atoms with Crippen LogP contribution in [0.2, 0.25) is 0 Å². The van der Waals surface area contributed by atoms with Crippen molar-refractivity contribution in [2.75, 3.05) is 13.7 Å². The first-order chi connectivity index (χ1) is 10.6. The number of aromatic amines is 1. The number of esters is 1. The second-order valence-electron chi connectivity index (χ2n) is 4.43. The summed E-state index contributed by atoms with van der Waals surface area (Å²) in [6.07, 6.45) is 2.31. The smallest absolute Gasteiger partial charge is 0.361 e. The molecule has 1 heterocycles. The SMILES string of the molecule is C=CCc1cc(OC)c(O)c(-c2n[nH]nc2C(=O)OCC)c1. The molecule has 0 saturated carbocycles. The number of allylic oxidation sites excluding steroid dienone is 1. The average molecular weight is 303 g/mol. The van der Waals surface area contributed by atoms with Gasteiger partial charge < -0.3 is 14.6 Å². The van der Waals surface area contributed by atoms with Crippen LogP contribution >= 0.6 is 0 Å². The molecular weight excluding hydrogens is 286 g/mol. The lowest BCUT2D eigenvalue weighted by molar-refractivity contribution is 0.0520. The molecule has 0 radical (unpaired) electrons. The molecule has 2 rings (SSSR count). The first-order valence-corrected chi connectivity index (χ1v) is 6.71. The van der Waals surface area contributed by atoms with Gasteiger partial charge in [-0.05, 0) is 31.0 Å². The summed E-state index contributed by atoms with van der Waals surface area (Å²) < 4.78 is 10.1. The number of phenolic OH excluding ortho intramolecular Hbond substituents is 1. The summed E-state index contributed by atoms with van der Waals surface area (Å²) in [6.45, 7) is 5.60. The molecule has 2 N–H and O–H groups in total. The van der Waals surface area contributed by atoms with Gasteiger partial charge >= 0.3 is 5.97 Å². The molecule has 0 atom stereocenters. The summed E-state index contributed by atoms with van der Waals surface area (Å²) in [4.78, 5) is 11.9. The number of phenols is 1. The molecule has 7 heteroatoms. The van der Waals surface area contributed by atoms with E-state index in [1.54, 1.807) is 25.1 Å². The first kappa shape index (κ1) is 15.6. The maximum Gasteiger partial charge on any atom is 0.361 e. The number of carbonyl (C=O) groups is 1. The Bertz CT molecular complexity index is 694. The molecule has 0 aliphatic carbocycles. The van der Waals surface area contributed by atoms with Crippen molar-refractivity contribution in [3.05, 3.63) is 36.0 Å². The van der Waals surface area contributed by atoms with Gasteiger partial charge in [0.1, 0.15) is 5.69 Å². The van der Waals surface area contributed by atoms with Crippen LogP contribution in [-0.4, -0.2) is 40.2 Å². The highest BCUT2D eigenvalue weighted by Crippen LogP contribution is 2.38. The Morgan fingerprint density at radius 2 is 2.23 bits per heavy atom. The van der Waals surface area contributed by atoms with E-state index in [2.05, 4.69) is 22.0 Å². The van der Waals surface area contributed by atoms with E-state index >= 15 is 0 Å². The van der Waals surface area contributed by atoms with Gasteiger partial charge in [0.05, 0.1) is 19.3 Å². The van der Waals surface area contributed by atoms with Crippen molar-refractivity contribution in [3.63, 3.8) is 0 Å². The molecular formula is C15H17N3O4. The molecule has 22 heavy (non-hydrogen) atoms. The Morgan fingerprint density at radius 3 is 2.86 bits per heavy atom. The monoisotopic (exact) mass is 303 g/mol. The molecule has 0 saturated heterocycles. The minimum atomic E-state index is -0.612. The van der Waals surface area contributed by atoms with Crippen LogP contribution in [0.5, 0.6) is 11.5 Å². The van der Waals surface area contributed by atoms with Crippen LogP contribution in [0.4, 0.5) is 0 Å². The molecule has 0 unspecified atom stereocenters. The number of hydrogen-bond donors (Lipinski definition) is 2. The summed E-state index contributed by atoms with van der Waals surface area (Å²) in [6, 6.07) is 3.41. The Balaban J connectivity index is 2.57. The van der Waals surface area contributed by atoms with Crippen molar-refractivity contribution in [1.82, 2.24) is 15.4 Å². The second-order valence-corrected chi connectivity index (χ2v) is 4.43. The number of nitrogens with one attached hydrogen (secondary N) is 1. The minimum Gasteiger partial charge on any atom is -0.504 e. The fourth-order valence-electron chi connectivity index (χ4n) is 2.05. The molecule has 0 bridgehead atoms. The molecule has 7 nitrogen and oxygen atoms in total. The molecule has 0 spiro atoms. The Labute approximate surface area is 127 Å². The third-order valence-corrected chi connectivity index (χ3v) is 3.01. The number of methoxy groups -OCH3 is 1. The van der Waals surface area contributed by atoms with E-state index in [1.165, 1.54) is 7.11 Å². The van der Waals surface area contributed by atoms with E-state index in [9.17, 15) is 9.90 Å². The van der Waals surface area contributed by atoms with Gasteiger partial charge in [-0.15, -0.1) is 11.7 Å². The number of rotatable bonds is 6. The Kier molecular flexibility index (Phi) is 4.77. The van der Waals surface area contributed by atoms with Gasteiger partial charge in [-0.25, -0.2) is 4.79 Å². The molecule has 0 amide bonds. The summed E-state index contributed by atoms with van der Waals surface area (Å²) in [7, 11) is 1.45. The minimum absolute atomic E-state index is 0.00922. The highest BCUT2D eigenvalue weighted by molar-refractivity contribution is 5.95. The van der Waals surface area contributed by atoms with Gasteiger partial charge in [0.15, 0.2) is 17.2 Å². The lowest BCUT2D eigenvalue weighted by Gasteiger charge is -2.10. The zero-order valence-electron chi connectivity index (χ0n) is 12.4. The third-order valence-electron chi connectivity index (χ3n) is 3.01. The zero-order valence-corrected chi connectivity index (χ0v) is 12.4. The van der Waals surface area contributed by atoms with Crippen LogP contribution in [-0.2, 0) is 11.2 Å². The normalized spacial score (nSPS) is 10.3. The summed E-state index contributed by atoms with van der Waals surface area (Å²) in [5.41, 5.74) is 1.42. The third kappa shape index (κ3) is 2.93. The highest BCUT2D eigenvalue weighted by atomic mass is 16.5. The van der Waals surface area contributed by atoms with Crippen molar-refractivity contribution in [2.24, 2.45) is 0 Å². The fourth-order valence-corrected chi connectivity index (χ4v) is 2.05. The first-order valence-electron chi connectivity index (χ1n) is 6.71. The predicted molar refractivity (Wildman–Crippen MR) is 79.9 cm³/mol. The number of nitrogens with zero attached hydrogens (tertiary/aromatic N) is 2. The Hall–Kier alpha value is -2.83. The molecule has 0 aliphatic rings. The number of benzene rings is 1. The molecule has 2 aromatic rings. The van der Waals surface area contributed by atoms with Crippen LogP contribution in [0, 0.1) is 0 Å². The van der Waals surface area contributed by atoms with Crippen molar-refractivity contribution >= 4 is 5.97 Å². The van der Waals surface area contributed by atoms with E-state index in [-0.39, 0.29) is 29.5 Å². The zero-order chi connectivity index (χ0) is 16.1. The van der Waals surface area contributed by atoms with Crippen molar-refractivity contribution in [1.29, 1.82) is 0 Å². The topological polar surface area (TPSA) is 97.3 Å². The maximum atomic E-state index is 11.9. The second kappa shape index (κ2) is 6.75. The maximum absolute atomic E-state index is 11.9. The van der Waals surface area contributed by atoms with Gasteiger partial charge in [-0.1, -0.05) is 6.08 Å². The number of ether oxygens (including phenoxy) is 2. The molecule has 116 valence electrons. The van der Waals surface area contributed by atoms with Gasteiger partial charge in [0, 0.05) is 0 Å². The van der Waals surface area contributed by atoms with Crippen molar-refractivity contribution in [2.45, 2.75) is 13.3 Å². The lowest BCUT2D eigenvalue weighted by atomic mass is 10.0. The standard InChI is InChI=1S/C15H17N3O4/c1-4-6-9-7-10(14(19)11(8-9)21-3)12-13(17-18-16-12)15(20)22-5-2/h4,7-8,19H,1,5-6H2,2-3H3,(H,16,17,18). The highest BCUT2D eigenvalue weighted by Gasteiger charge is 2.23. The van der Waals surface area contributed by atoms with E-state index in [0.29, 0.717) is 12.0 Å². The van der Waals surface area contributed by atoms with Gasteiger partial charge in [0.25, 0.3) is 0 Å². The van der Waals surface area contributed by atoms with Crippen LogP contribution in [0.15, 0.2) is 24.8 Å². The quantitative estimate of drug-likeness (QED) is 0.626. The predicted octanol–water partition coefficient (Wildman–Crippen LogP) is 2.09. The van der Waals surface area contributed by atoms with E-state index in [0.717, 1.165) is 5.56 Å². The largest absolute Gasteiger partial charge is 0.504 e. The average Bonchev–Trinajstić information content (AvgIpc) is 2.98. The van der Waals surface area contributed by atoms with Crippen molar-refractivity contribution in [3.8, 4) is 22.8 Å². The van der Waals surface area contributed by atoms with Crippen molar-refractivity contribution < 1.29 is 19.4 Å².